The molecule has 0 aromatic heterocycles. The maximum Gasteiger partial charge on any atom is 0.309 e. The molecule has 0 aliphatic carbocycles. The summed E-state index contributed by atoms with van der Waals surface area (Å²) in [5.74, 6) is 0.727. The van der Waals surface area contributed by atoms with Gasteiger partial charge in [0.05, 0.1) is 27.2 Å². The van der Waals surface area contributed by atoms with Crippen molar-refractivity contribution >= 4 is 18.0 Å². The zero-order valence-electron chi connectivity index (χ0n) is 16.1. The van der Waals surface area contributed by atoms with Crippen molar-refractivity contribution in [1.29, 1.82) is 0 Å². The molecule has 2 rings (SSSR count). The minimum absolute atomic E-state index is 0.0512. The molecule has 2 atom stereocenters. The van der Waals surface area contributed by atoms with Crippen molar-refractivity contribution in [3.05, 3.63) is 29.3 Å². The van der Waals surface area contributed by atoms with Crippen LogP contribution >= 0.6 is 0 Å². The van der Waals surface area contributed by atoms with Gasteiger partial charge in [-0.3, -0.25) is 9.59 Å². The van der Waals surface area contributed by atoms with E-state index in [0.29, 0.717) is 36.6 Å². The number of benzene rings is 1. The molecule has 1 aromatic rings. The number of carbonyl (C=O) groups excluding carboxylic acids is 2. The largest absolute Gasteiger partial charge is 0.493 e. The van der Waals surface area contributed by atoms with Crippen LogP contribution in [0.25, 0.3) is 6.08 Å². The molecule has 26 heavy (non-hydrogen) atoms. The van der Waals surface area contributed by atoms with Crippen molar-refractivity contribution in [2.45, 2.75) is 20.3 Å². The normalized spacial score (nSPS) is 20.1. The first-order chi connectivity index (χ1) is 12.5. The number of hydrogen-bond acceptors (Lipinski definition) is 5. The van der Waals surface area contributed by atoms with Gasteiger partial charge in [-0.2, -0.15) is 0 Å². The van der Waals surface area contributed by atoms with Gasteiger partial charge in [0.15, 0.2) is 11.5 Å². The van der Waals surface area contributed by atoms with E-state index >= 15 is 0 Å². The average Bonchev–Trinajstić information content (AvgIpc) is 2.66. The molecule has 1 amide bonds. The molecule has 0 spiro atoms. The summed E-state index contributed by atoms with van der Waals surface area (Å²) in [5, 5.41) is 0. The second-order valence-corrected chi connectivity index (χ2v) is 6.45. The molecular weight excluding hydrogens is 334 g/mol. The molecule has 1 aliphatic rings. The van der Waals surface area contributed by atoms with Crippen LogP contribution in [0.1, 0.15) is 36.2 Å². The fourth-order valence-electron chi connectivity index (χ4n) is 3.43. The molecule has 1 aromatic carbocycles. The van der Waals surface area contributed by atoms with E-state index in [4.69, 9.17) is 14.2 Å². The number of nitrogens with zero attached hydrogens (tertiary/aromatic N) is 1. The number of piperidine rings is 1. The van der Waals surface area contributed by atoms with Crippen LogP contribution in [0.3, 0.4) is 0 Å². The Morgan fingerprint density at radius 3 is 2.46 bits per heavy atom. The van der Waals surface area contributed by atoms with Crippen LogP contribution in [0, 0.1) is 11.8 Å². The predicted octanol–water partition coefficient (Wildman–Crippen LogP) is 3.01. The number of ether oxygens (including phenoxy) is 3. The van der Waals surface area contributed by atoms with Crippen molar-refractivity contribution in [3.63, 3.8) is 0 Å². The van der Waals surface area contributed by atoms with Gasteiger partial charge in [-0.25, -0.2) is 0 Å². The maximum absolute atomic E-state index is 13.0. The van der Waals surface area contributed by atoms with Gasteiger partial charge in [0, 0.05) is 24.2 Å². The van der Waals surface area contributed by atoms with Crippen molar-refractivity contribution < 1.29 is 23.8 Å². The zero-order valence-corrected chi connectivity index (χ0v) is 16.1. The molecule has 1 saturated heterocycles. The van der Waals surface area contributed by atoms with Crippen LogP contribution in [0.4, 0.5) is 0 Å². The number of esters is 1. The number of amides is 1. The first-order valence-corrected chi connectivity index (χ1v) is 8.72. The Morgan fingerprint density at radius 1 is 1.19 bits per heavy atom. The Bertz CT molecular complexity index is 698. The fraction of sp³-hybridized carbons (Fsp3) is 0.500. The van der Waals surface area contributed by atoms with E-state index in [1.165, 1.54) is 7.11 Å². The van der Waals surface area contributed by atoms with E-state index in [1.807, 2.05) is 26.0 Å². The molecule has 0 N–H and O–H groups in total. The number of allylic oxidation sites excluding steroid dienone is 1. The lowest BCUT2D eigenvalue weighted by molar-refractivity contribution is -0.148. The highest BCUT2D eigenvalue weighted by Gasteiger charge is 2.34. The quantitative estimate of drug-likeness (QED) is 0.755. The second-order valence-electron chi connectivity index (χ2n) is 6.45. The summed E-state index contributed by atoms with van der Waals surface area (Å²) < 4.78 is 15.7. The molecule has 1 fully saturated rings. The summed E-state index contributed by atoms with van der Waals surface area (Å²) in [6, 6.07) is 3.51. The fourth-order valence-corrected chi connectivity index (χ4v) is 3.43. The van der Waals surface area contributed by atoms with Gasteiger partial charge >= 0.3 is 5.97 Å². The Kier molecular flexibility index (Phi) is 6.66. The molecular formula is C20H27NO5. The third kappa shape index (κ3) is 4.00. The highest BCUT2D eigenvalue weighted by molar-refractivity contribution is 5.96. The van der Waals surface area contributed by atoms with Crippen molar-refractivity contribution in [2.75, 3.05) is 34.4 Å². The molecule has 0 bridgehead atoms. The zero-order chi connectivity index (χ0) is 19.3. The van der Waals surface area contributed by atoms with Gasteiger partial charge < -0.3 is 19.1 Å². The van der Waals surface area contributed by atoms with Crippen LogP contribution in [0.5, 0.6) is 11.5 Å². The SMILES string of the molecule is CC=Cc1cc(C(=O)N2CCC(C(=O)OC)C(C)C2)cc(OC)c1OC. The third-order valence-corrected chi connectivity index (χ3v) is 4.80. The number of rotatable bonds is 5. The first-order valence-electron chi connectivity index (χ1n) is 8.72. The van der Waals surface area contributed by atoms with E-state index in [2.05, 4.69) is 0 Å². The van der Waals surface area contributed by atoms with Gasteiger partial charge in [0.2, 0.25) is 0 Å². The van der Waals surface area contributed by atoms with Crippen LogP contribution < -0.4 is 9.47 Å². The minimum atomic E-state index is -0.203. The van der Waals surface area contributed by atoms with E-state index in [-0.39, 0.29) is 23.7 Å². The molecule has 0 radical (unpaired) electrons. The van der Waals surface area contributed by atoms with Crippen LogP contribution in [0.15, 0.2) is 18.2 Å². The molecule has 0 saturated carbocycles. The Balaban J connectivity index is 2.27. The maximum atomic E-state index is 13.0. The summed E-state index contributed by atoms with van der Waals surface area (Å²) in [6.07, 6.45) is 4.37. The molecule has 142 valence electrons. The summed E-state index contributed by atoms with van der Waals surface area (Å²) in [5.41, 5.74) is 1.33. The topological polar surface area (TPSA) is 65.1 Å². The van der Waals surface area contributed by atoms with Gasteiger partial charge in [-0.05, 0) is 31.4 Å². The van der Waals surface area contributed by atoms with E-state index in [1.54, 1.807) is 31.3 Å². The van der Waals surface area contributed by atoms with E-state index in [9.17, 15) is 9.59 Å². The third-order valence-electron chi connectivity index (χ3n) is 4.80. The van der Waals surface area contributed by atoms with Gasteiger partial charge in [-0.1, -0.05) is 19.1 Å². The van der Waals surface area contributed by atoms with E-state index < -0.39 is 0 Å². The highest BCUT2D eigenvalue weighted by atomic mass is 16.5. The molecule has 1 heterocycles. The van der Waals surface area contributed by atoms with Gasteiger partial charge in [-0.15, -0.1) is 0 Å². The Hall–Kier alpha value is -2.50. The summed E-state index contributed by atoms with van der Waals surface area (Å²) >= 11 is 0. The average molecular weight is 361 g/mol. The van der Waals surface area contributed by atoms with Gasteiger partial charge in [0.25, 0.3) is 5.91 Å². The number of hydrogen-bond donors (Lipinski definition) is 0. The molecule has 2 unspecified atom stereocenters. The summed E-state index contributed by atoms with van der Waals surface area (Å²) in [4.78, 5) is 26.6. The minimum Gasteiger partial charge on any atom is -0.493 e. The number of methoxy groups -OCH3 is 3. The standard InChI is InChI=1S/C20H27NO5/c1-6-7-14-10-15(11-17(24-3)18(14)25-4)19(22)21-9-8-16(13(2)12-21)20(23)26-5/h6-7,10-11,13,16H,8-9,12H2,1-5H3. The van der Waals surface area contributed by atoms with Crippen molar-refractivity contribution in [3.8, 4) is 11.5 Å². The van der Waals surface area contributed by atoms with Crippen LogP contribution in [0.2, 0.25) is 0 Å². The smallest absolute Gasteiger partial charge is 0.309 e. The Labute approximate surface area is 154 Å². The second kappa shape index (κ2) is 8.74. The van der Waals surface area contributed by atoms with Gasteiger partial charge in [0.1, 0.15) is 0 Å². The van der Waals surface area contributed by atoms with Crippen LogP contribution in [-0.4, -0.2) is 51.2 Å². The number of likely N-dealkylation sites (tertiary alicyclic amines) is 1. The molecule has 6 heteroatoms. The lowest BCUT2D eigenvalue weighted by Crippen LogP contribution is -2.45. The lowest BCUT2D eigenvalue weighted by Gasteiger charge is -2.35. The molecule has 1 aliphatic heterocycles. The summed E-state index contributed by atoms with van der Waals surface area (Å²) in [6.45, 7) is 4.92. The van der Waals surface area contributed by atoms with Crippen LogP contribution in [-0.2, 0) is 9.53 Å². The predicted molar refractivity (Wildman–Crippen MR) is 99.4 cm³/mol. The lowest BCUT2D eigenvalue weighted by atomic mass is 9.86. The highest BCUT2D eigenvalue weighted by Crippen LogP contribution is 2.34. The van der Waals surface area contributed by atoms with E-state index in [0.717, 1.165) is 5.56 Å². The van der Waals surface area contributed by atoms with Crippen molar-refractivity contribution in [2.24, 2.45) is 11.8 Å². The number of carbonyl (C=O) groups is 2. The van der Waals surface area contributed by atoms with Crippen molar-refractivity contribution in [1.82, 2.24) is 4.90 Å². The Morgan fingerprint density at radius 2 is 1.92 bits per heavy atom. The first kappa shape index (κ1) is 19.8. The molecule has 6 nitrogen and oxygen atoms in total. The summed E-state index contributed by atoms with van der Waals surface area (Å²) in [7, 11) is 4.53. The monoisotopic (exact) mass is 361 g/mol.